The van der Waals surface area contributed by atoms with E-state index in [0.717, 1.165) is 18.6 Å². The van der Waals surface area contributed by atoms with Crippen LogP contribution in [0.3, 0.4) is 0 Å². The first-order chi connectivity index (χ1) is 17.3. The molecule has 0 aromatic heterocycles. The highest BCUT2D eigenvalue weighted by Crippen LogP contribution is 2.33. The lowest BCUT2D eigenvalue weighted by molar-refractivity contribution is -0.140. The van der Waals surface area contributed by atoms with Gasteiger partial charge >= 0.3 is 6.09 Å². The average molecular weight is 540 g/mol. The molecule has 1 heterocycles. The first kappa shape index (κ1) is 31.2. The largest absolute Gasteiger partial charge is 0.449 e. The van der Waals surface area contributed by atoms with Crippen LogP contribution in [-0.2, 0) is 14.3 Å². The molecule has 1 saturated heterocycles. The van der Waals surface area contributed by atoms with Gasteiger partial charge in [-0.05, 0) is 56.6 Å². The van der Waals surface area contributed by atoms with Gasteiger partial charge in [0.2, 0.25) is 11.8 Å². The highest BCUT2D eigenvalue weighted by atomic mass is 32.2. The minimum atomic E-state index is -0.907. The zero-order valence-corrected chi connectivity index (χ0v) is 24.4. The number of alkyl carbamates (subject to hydrolysis) is 1. The van der Waals surface area contributed by atoms with Crippen molar-refractivity contribution in [1.29, 1.82) is 5.41 Å². The predicted octanol–water partition coefficient (Wildman–Crippen LogP) is 3.75. The molecule has 2 aliphatic rings. The molecule has 0 unspecified atom stereocenters. The second kappa shape index (κ2) is 14.3. The molecule has 5 N–H and O–H groups in total. The van der Waals surface area contributed by atoms with Crippen LogP contribution in [0.1, 0.15) is 80.1 Å². The van der Waals surface area contributed by atoms with Gasteiger partial charge in [-0.3, -0.25) is 15.0 Å². The summed E-state index contributed by atoms with van der Waals surface area (Å²) in [6.45, 7) is 13.0. The van der Waals surface area contributed by atoms with Gasteiger partial charge in [-0.1, -0.05) is 47.0 Å². The van der Waals surface area contributed by atoms with Crippen molar-refractivity contribution < 1.29 is 19.1 Å². The van der Waals surface area contributed by atoms with Crippen LogP contribution in [0.25, 0.3) is 0 Å². The number of likely N-dealkylation sites (tertiary alicyclic amines) is 1. The molecule has 37 heavy (non-hydrogen) atoms. The Kier molecular flexibility index (Phi) is 12.0. The molecule has 1 aliphatic heterocycles. The van der Waals surface area contributed by atoms with E-state index in [9.17, 15) is 14.4 Å². The minimum Gasteiger partial charge on any atom is -0.449 e. The van der Waals surface area contributed by atoms with Crippen molar-refractivity contribution in [2.24, 2.45) is 29.4 Å². The van der Waals surface area contributed by atoms with E-state index < -0.39 is 28.8 Å². The summed E-state index contributed by atoms with van der Waals surface area (Å²) in [4.78, 5) is 41.6. The quantitative estimate of drug-likeness (QED) is 0.220. The lowest BCUT2D eigenvalue weighted by Gasteiger charge is -2.37. The summed E-state index contributed by atoms with van der Waals surface area (Å²) in [5.74, 6) is 0.851. The highest BCUT2D eigenvalue weighted by Gasteiger charge is 2.47. The monoisotopic (exact) mass is 539 g/mol. The van der Waals surface area contributed by atoms with Gasteiger partial charge in [0.15, 0.2) is 0 Å². The van der Waals surface area contributed by atoms with Gasteiger partial charge in [-0.25, -0.2) is 4.79 Å². The van der Waals surface area contributed by atoms with Gasteiger partial charge in [-0.2, -0.15) is 11.8 Å². The lowest BCUT2D eigenvalue weighted by Crippen LogP contribution is -2.60. The fourth-order valence-electron chi connectivity index (χ4n) is 4.87. The van der Waals surface area contributed by atoms with Crippen molar-refractivity contribution >= 4 is 35.5 Å². The molecule has 2 rings (SSSR count). The van der Waals surface area contributed by atoms with Gasteiger partial charge in [0.25, 0.3) is 0 Å². The van der Waals surface area contributed by atoms with Crippen molar-refractivity contribution in [2.45, 2.75) is 96.9 Å². The number of carbonyl (C=O) groups is 3. The third kappa shape index (κ3) is 9.69. The Bertz CT molecular complexity index is 798. The molecule has 0 bridgehead atoms. The summed E-state index contributed by atoms with van der Waals surface area (Å²) < 4.78 is 4.69. The van der Waals surface area contributed by atoms with E-state index >= 15 is 0 Å². The van der Waals surface area contributed by atoms with Crippen molar-refractivity contribution in [2.75, 3.05) is 25.4 Å². The summed E-state index contributed by atoms with van der Waals surface area (Å²) in [5, 5.41) is 13.9. The Morgan fingerprint density at radius 1 is 1.11 bits per heavy atom. The normalized spacial score (nSPS) is 21.7. The standard InChI is InChI=1S/C27H49N5O4S/c1-17(2)15-36-26(35)31-22(27(5,6)37-16-18(3)4)25(34)32-14-20(23(28)29)12-21(32)24(33)30-13-19-10-8-7-9-11-19/h17-22H,7-16H2,1-6H3,(H3,28,29)(H,30,33)(H,31,35)/t20-,21+,22+/m1/s1. The van der Waals surface area contributed by atoms with Gasteiger partial charge in [0.05, 0.1) is 12.4 Å². The number of rotatable bonds is 12. The number of hydrogen-bond donors (Lipinski definition) is 4. The van der Waals surface area contributed by atoms with Gasteiger partial charge in [0.1, 0.15) is 12.1 Å². The molecule has 212 valence electrons. The van der Waals surface area contributed by atoms with E-state index in [1.807, 2.05) is 27.7 Å². The average Bonchev–Trinajstić information content (AvgIpc) is 3.29. The number of amidine groups is 1. The number of amides is 3. The van der Waals surface area contributed by atoms with E-state index in [1.165, 1.54) is 24.2 Å². The van der Waals surface area contributed by atoms with Gasteiger partial charge in [-0.15, -0.1) is 0 Å². The summed E-state index contributed by atoms with van der Waals surface area (Å²) >= 11 is 1.61. The van der Waals surface area contributed by atoms with Crippen LogP contribution in [0.2, 0.25) is 0 Å². The number of nitrogens with two attached hydrogens (primary N) is 1. The second-order valence-corrected chi connectivity index (χ2v) is 13.7. The smallest absolute Gasteiger partial charge is 0.407 e. The van der Waals surface area contributed by atoms with Gasteiger partial charge in [0, 0.05) is 23.8 Å². The summed E-state index contributed by atoms with van der Waals surface area (Å²) in [6.07, 6.45) is 5.49. The summed E-state index contributed by atoms with van der Waals surface area (Å²) in [7, 11) is 0. The molecular formula is C27H49N5O4S. The maximum absolute atomic E-state index is 14.1. The highest BCUT2D eigenvalue weighted by molar-refractivity contribution is 8.00. The third-order valence-corrected chi connectivity index (χ3v) is 8.97. The summed E-state index contributed by atoms with van der Waals surface area (Å²) in [6, 6.07) is -1.64. The van der Waals surface area contributed by atoms with E-state index in [1.54, 1.807) is 11.8 Å². The molecule has 0 spiro atoms. The molecule has 10 heteroatoms. The van der Waals surface area contributed by atoms with Crippen molar-refractivity contribution in [1.82, 2.24) is 15.5 Å². The summed E-state index contributed by atoms with van der Waals surface area (Å²) in [5.41, 5.74) is 5.82. The van der Waals surface area contributed by atoms with E-state index in [-0.39, 0.29) is 36.7 Å². The van der Waals surface area contributed by atoms with Crippen LogP contribution >= 0.6 is 11.8 Å². The molecule has 0 aromatic rings. The molecule has 0 radical (unpaired) electrons. The molecule has 9 nitrogen and oxygen atoms in total. The van der Waals surface area contributed by atoms with Crippen LogP contribution in [0, 0.1) is 29.1 Å². The fourth-order valence-corrected chi connectivity index (χ4v) is 5.96. The molecule has 1 saturated carbocycles. The Morgan fingerprint density at radius 3 is 2.32 bits per heavy atom. The first-order valence-corrected chi connectivity index (χ1v) is 14.8. The van der Waals surface area contributed by atoms with Crippen molar-refractivity contribution in [3.63, 3.8) is 0 Å². The number of thioether (sulfide) groups is 1. The molecule has 3 amide bonds. The molecule has 1 aliphatic carbocycles. The number of ether oxygens (including phenoxy) is 1. The Hall–Kier alpha value is -1.97. The topological polar surface area (TPSA) is 138 Å². The number of nitrogens with zero attached hydrogens (tertiary/aromatic N) is 1. The SMILES string of the molecule is CC(C)COC(=O)N[C@@H](C(=O)N1C[C@H](C(=N)N)C[C@H]1C(=O)NCC1CCCCC1)C(C)(C)SCC(C)C. The molecular weight excluding hydrogens is 490 g/mol. The Labute approximate surface area is 227 Å². The number of hydrogen-bond acceptors (Lipinski definition) is 6. The number of carbonyl (C=O) groups excluding carboxylic acids is 3. The molecule has 2 fully saturated rings. The Balaban J connectivity index is 2.24. The lowest BCUT2D eigenvalue weighted by atomic mass is 9.89. The molecule has 0 aromatic carbocycles. The van der Waals surface area contributed by atoms with Crippen LogP contribution in [0.15, 0.2) is 0 Å². The predicted molar refractivity (Wildman–Crippen MR) is 150 cm³/mol. The van der Waals surface area contributed by atoms with Crippen LogP contribution < -0.4 is 16.4 Å². The minimum absolute atomic E-state index is 0.0327. The van der Waals surface area contributed by atoms with E-state index in [0.29, 0.717) is 24.8 Å². The van der Waals surface area contributed by atoms with Crippen molar-refractivity contribution in [3.8, 4) is 0 Å². The number of nitrogens with one attached hydrogen (secondary N) is 3. The zero-order chi connectivity index (χ0) is 27.8. The van der Waals surface area contributed by atoms with Crippen LogP contribution in [0.4, 0.5) is 4.79 Å². The van der Waals surface area contributed by atoms with Crippen LogP contribution in [-0.4, -0.2) is 70.9 Å². The second-order valence-electron chi connectivity index (χ2n) is 12.0. The van der Waals surface area contributed by atoms with Gasteiger partial charge < -0.3 is 26.0 Å². The van der Waals surface area contributed by atoms with Crippen LogP contribution in [0.5, 0.6) is 0 Å². The maximum atomic E-state index is 14.1. The third-order valence-electron chi connectivity index (χ3n) is 7.16. The maximum Gasteiger partial charge on any atom is 0.407 e. The van der Waals surface area contributed by atoms with E-state index in [4.69, 9.17) is 15.9 Å². The van der Waals surface area contributed by atoms with Crippen molar-refractivity contribution in [3.05, 3.63) is 0 Å². The fraction of sp³-hybridized carbons (Fsp3) is 0.852. The molecule has 3 atom stereocenters. The Morgan fingerprint density at radius 2 is 1.76 bits per heavy atom. The van der Waals surface area contributed by atoms with E-state index in [2.05, 4.69) is 24.5 Å². The zero-order valence-electron chi connectivity index (χ0n) is 23.6. The first-order valence-electron chi connectivity index (χ1n) is 13.8.